The van der Waals surface area contributed by atoms with Gasteiger partial charge in [-0.05, 0) is 26.3 Å². The van der Waals surface area contributed by atoms with Crippen molar-refractivity contribution >= 4 is 29.7 Å². The summed E-state index contributed by atoms with van der Waals surface area (Å²) in [7, 11) is 0. The first-order chi connectivity index (χ1) is 15.8. The van der Waals surface area contributed by atoms with E-state index < -0.39 is 67.0 Å². The number of ether oxygens (including phenoxy) is 7. The number of carbonyl (C=O) groups excluding carboxylic acids is 5. The number of allylic oxidation sites excluding steroid dienone is 2. The predicted molar refractivity (Wildman–Crippen MR) is 110 cm³/mol. The van der Waals surface area contributed by atoms with Gasteiger partial charge in [0.2, 0.25) is 18.2 Å². The first-order valence-corrected chi connectivity index (χ1v) is 10.4. The molecule has 2 aliphatic rings. The molecule has 0 aromatic rings. The molecule has 1 fully saturated rings. The molecule has 5 atom stereocenters. The molecule has 0 unspecified atom stereocenters. The molecule has 0 radical (unpaired) electrons. The molecular formula is C22H28O12. The number of carbonyl (C=O) groups is 5. The predicted octanol–water partition coefficient (Wildman–Crippen LogP) is 1.21. The van der Waals surface area contributed by atoms with Gasteiger partial charge in [-0.1, -0.05) is 0 Å². The highest BCUT2D eigenvalue weighted by atomic mass is 16.7. The van der Waals surface area contributed by atoms with Crippen LogP contribution in [0.4, 0.5) is 0 Å². The smallest absolute Gasteiger partial charge is 0.303 e. The summed E-state index contributed by atoms with van der Waals surface area (Å²) in [6, 6.07) is 0. The summed E-state index contributed by atoms with van der Waals surface area (Å²) < 4.78 is 38.0. The first-order valence-electron chi connectivity index (χ1n) is 10.4. The summed E-state index contributed by atoms with van der Waals surface area (Å²) in [5, 5.41) is 0. The zero-order valence-electron chi connectivity index (χ0n) is 20.0. The van der Waals surface area contributed by atoms with E-state index in [0.29, 0.717) is 5.57 Å². The van der Waals surface area contributed by atoms with Gasteiger partial charge >= 0.3 is 23.9 Å². The van der Waals surface area contributed by atoms with Gasteiger partial charge in [-0.2, -0.15) is 0 Å². The third-order valence-electron chi connectivity index (χ3n) is 4.62. The SMILES string of the molecule is CC(=O)OC[C@H]1O[C@@H](OC2=C(C)OC(=C(C)C)C2=O)[C@H](OC(C)=O)[C@@H](OC(C)=O)[C@H]1OC(C)=O. The van der Waals surface area contributed by atoms with Crippen LogP contribution in [0, 0.1) is 0 Å². The summed E-state index contributed by atoms with van der Waals surface area (Å²) in [5.74, 6) is -3.56. The summed E-state index contributed by atoms with van der Waals surface area (Å²) in [4.78, 5) is 59.6. The number of hydrogen-bond acceptors (Lipinski definition) is 12. The quantitative estimate of drug-likeness (QED) is 0.290. The topological polar surface area (TPSA) is 150 Å². The Morgan fingerprint density at radius 3 is 1.79 bits per heavy atom. The lowest BCUT2D eigenvalue weighted by molar-refractivity contribution is -0.299. The van der Waals surface area contributed by atoms with Gasteiger partial charge in [0.1, 0.15) is 18.5 Å². The molecule has 0 aromatic carbocycles. The van der Waals surface area contributed by atoms with Crippen molar-refractivity contribution < 1.29 is 57.1 Å². The fraction of sp³-hybridized carbons (Fsp3) is 0.591. The molecule has 0 amide bonds. The minimum absolute atomic E-state index is 0.0677. The molecule has 188 valence electrons. The van der Waals surface area contributed by atoms with Gasteiger partial charge in [-0.25, -0.2) is 0 Å². The monoisotopic (exact) mass is 484 g/mol. The Morgan fingerprint density at radius 2 is 1.32 bits per heavy atom. The van der Waals surface area contributed by atoms with E-state index in [1.54, 1.807) is 13.8 Å². The zero-order valence-corrected chi connectivity index (χ0v) is 20.0. The molecule has 0 aliphatic carbocycles. The number of hydrogen-bond donors (Lipinski definition) is 0. The highest BCUT2D eigenvalue weighted by Gasteiger charge is 2.54. The van der Waals surface area contributed by atoms with E-state index >= 15 is 0 Å². The van der Waals surface area contributed by atoms with E-state index in [0.717, 1.165) is 27.7 Å². The molecule has 2 heterocycles. The Hall–Kier alpha value is -3.41. The fourth-order valence-electron chi connectivity index (χ4n) is 3.37. The van der Waals surface area contributed by atoms with Crippen LogP contribution in [0.25, 0.3) is 0 Å². The molecule has 34 heavy (non-hydrogen) atoms. The molecular weight excluding hydrogens is 456 g/mol. The second-order valence-electron chi connectivity index (χ2n) is 7.83. The van der Waals surface area contributed by atoms with Crippen LogP contribution in [0.1, 0.15) is 48.5 Å². The number of Topliss-reactive ketones (excluding diaryl/α,β-unsaturated/α-hetero) is 1. The van der Waals surface area contributed by atoms with Crippen LogP contribution in [0.15, 0.2) is 22.9 Å². The maximum absolute atomic E-state index is 12.8. The third-order valence-corrected chi connectivity index (χ3v) is 4.62. The van der Waals surface area contributed by atoms with Crippen molar-refractivity contribution in [1.29, 1.82) is 0 Å². The molecule has 0 aromatic heterocycles. The summed E-state index contributed by atoms with van der Waals surface area (Å²) >= 11 is 0. The lowest BCUT2D eigenvalue weighted by Gasteiger charge is -2.43. The summed E-state index contributed by atoms with van der Waals surface area (Å²) in [6.45, 7) is 8.91. The van der Waals surface area contributed by atoms with E-state index in [4.69, 9.17) is 33.2 Å². The van der Waals surface area contributed by atoms with Gasteiger partial charge in [-0.15, -0.1) is 0 Å². The second kappa shape index (κ2) is 11.1. The van der Waals surface area contributed by atoms with Crippen molar-refractivity contribution in [2.75, 3.05) is 6.61 Å². The molecule has 1 saturated heterocycles. The first kappa shape index (κ1) is 26.8. The highest BCUT2D eigenvalue weighted by Crippen LogP contribution is 2.34. The average molecular weight is 484 g/mol. The molecule has 0 saturated carbocycles. The van der Waals surface area contributed by atoms with Crippen LogP contribution in [0.5, 0.6) is 0 Å². The Balaban J connectivity index is 2.50. The maximum Gasteiger partial charge on any atom is 0.303 e. The minimum atomic E-state index is -1.52. The van der Waals surface area contributed by atoms with E-state index in [9.17, 15) is 24.0 Å². The van der Waals surface area contributed by atoms with Gasteiger partial charge in [0.25, 0.3) is 5.78 Å². The molecule has 2 rings (SSSR count). The van der Waals surface area contributed by atoms with E-state index in [-0.39, 0.29) is 17.3 Å². The normalized spacial score (nSPS) is 26.4. The zero-order chi connectivity index (χ0) is 25.7. The molecule has 0 N–H and O–H groups in total. The molecule has 0 spiro atoms. The van der Waals surface area contributed by atoms with Crippen LogP contribution < -0.4 is 0 Å². The molecule has 2 aliphatic heterocycles. The minimum Gasteiger partial charge on any atom is -0.463 e. The van der Waals surface area contributed by atoms with Gasteiger partial charge in [0.05, 0.1) is 0 Å². The van der Waals surface area contributed by atoms with Crippen molar-refractivity contribution in [3.63, 3.8) is 0 Å². The second-order valence-corrected chi connectivity index (χ2v) is 7.83. The van der Waals surface area contributed by atoms with Gasteiger partial charge in [-0.3, -0.25) is 24.0 Å². The van der Waals surface area contributed by atoms with Crippen LogP contribution in [0.2, 0.25) is 0 Å². The standard InChI is InChI=1S/C22H28O12/c1-9(2)17-16(27)18(10(3)29-17)34-22-21(32-14(7)26)20(31-13(6)25)19(30-12(5)24)15(33-22)8-28-11(4)23/h15,19-22H,8H2,1-7H3/t15-,19+,20+,21-,22+/m1/s1. The highest BCUT2D eigenvalue weighted by molar-refractivity contribution is 6.08. The number of rotatable bonds is 7. The van der Waals surface area contributed by atoms with Crippen molar-refractivity contribution in [1.82, 2.24) is 0 Å². The number of esters is 4. The van der Waals surface area contributed by atoms with Crippen molar-refractivity contribution in [2.24, 2.45) is 0 Å². The lowest BCUT2D eigenvalue weighted by atomic mass is 9.98. The van der Waals surface area contributed by atoms with Crippen molar-refractivity contribution in [3.05, 3.63) is 22.9 Å². The average Bonchev–Trinajstić information content (AvgIpc) is 2.98. The number of ketones is 1. The third kappa shape index (κ3) is 6.56. The summed E-state index contributed by atoms with van der Waals surface area (Å²) in [5.41, 5.74) is 0.601. The Labute approximate surface area is 196 Å². The molecule has 0 bridgehead atoms. The van der Waals surface area contributed by atoms with Crippen LogP contribution in [0.3, 0.4) is 0 Å². The van der Waals surface area contributed by atoms with Gasteiger partial charge < -0.3 is 33.2 Å². The van der Waals surface area contributed by atoms with E-state index in [1.807, 2.05) is 0 Å². The molecule has 12 heteroatoms. The van der Waals surface area contributed by atoms with Crippen LogP contribution >= 0.6 is 0 Å². The fourth-order valence-corrected chi connectivity index (χ4v) is 3.37. The molecule has 12 nitrogen and oxygen atoms in total. The summed E-state index contributed by atoms with van der Waals surface area (Å²) in [6.07, 6.45) is -6.91. The van der Waals surface area contributed by atoms with E-state index in [2.05, 4.69) is 0 Å². The van der Waals surface area contributed by atoms with Crippen molar-refractivity contribution in [3.8, 4) is 0 Å². The largest absolute Gasteiger partial charge is 0.463 e. The van der Waals surface area contributed by atoms with Crippen LogP contribution in [-0.4, -0.2) is 67.0 Å². The van der Waals surface area contributed by atoms with E-state index in [1.165, 1.54) is 6.92 Å². The maximum atomic E-state index is 12.8. The van der Waals surface area contributed by atoms with Crippen molar-refractivity contribution in [2.45, 2.75) is 79.2 Å². The van der Waals surface area contributed by atoms with Gasteiger partial charge in [0.15, 0.2) is 18.0 Å². The lowest BCUT2D eigenvalue weighted by Crippen LogP contribution is -2.63. The Kier molecular flexibility index (Phi) is 8.80. The Morgan fingerprint density at radius 1 is 0.794 bits per heavy atom. The van der Waals surface area contributed by atoms with Crippen LogP contribution in [-0.2, 0) is 57.1 Å². The Bertz CT molecular complexity index is 926. The van der Waals surface area contributed by atoms with Gasteiger partial charge in [0, 0.05) is 27.7 Å².